The van der Waals surface area contributed by atoms with Gasteiger partial charge in [0.25, 0.3) is 5.91 Å². The number of hydrogen-bond donors (Lipinski definition) is 0. The Hall–Kier alpha value is -3.85. The molecule has 0 N–H and O–H groups in total. The number of rotatable bonds is 8. The summed E-state index contributed by atoms with van der Waals surface area (Å²) in [7, 11) is 1.92. The Morgan fingerprint density at radius 2 is 1.89 bits per heavy atom. The van der Waals surface area contributed by atoms with Gasteiger partial charge in [0.05, 0.1) is 17.4 Å². The number of carbonyl (C=O) groups excluding carboxylic acids is 1. The molecule has 2 aliphatic heterocycles. The number of nitroso groups, excluding NO2 is 1. The minimum absolute atomic E-state index is 0.0609. The third-order valence-electron chi connectivity index (χ3n) is 7.33. The van der Waals surface area contributed by atoms with Gasteiger partial charge in [0.1, 0.15) is 24.2 Å². The number of carbonyl (C=O) groups is 1. The average Bonchev–Trinajstić information content (AvgIpc) is 3.04. The molecule has 0 aliphatic carbocycles. The summed E-state index contributed by atoms with van der Waals surface area (Å²) in [5.41, 5.74) is 5.05. The van der Waals surface area contributed by atoms with Crippen molar-refractivity contribution in [1.82, 2.24) is 14.8 Å². The molecule has 198 valence electrons. The standard InChI is InChI=1S/C29H32FN5O3/c1-20-13-23(27(30)15-31-20)19-38-25-7-8-26-28(14-25)33(2)11-12-35(29(26)36)18-24(32-37)17-34-10-9-21-5-3-4-6-22(21)16-34/h3-8,13-15,24H,9-12,16-19H2,1-2H3. The zero-order valence-corrected chi connectivity index (χ0v) is 21.8. The third-order valence-corrected chi connectivity index (χ3v) is 7.33. The Morgan fingerprint density at radius 1 is 1.08 bits per heavy atom. The predicted octanol–water partition coefficient (Wildman–Crippen LogP) is 4.19. The van der Waals surface area contributed by atoms with E-state index in [1.165, 1.54) is 17.3 Å². The molecule has 0 spiro atoms. The van der Waals surface area contributed by atoms with Crippen LogP contribution in [0, 0.1) is 17.6 Å². The SMILES string of the molecule is Cc1cc(COc2ccc3c(c2)N(C)CCN(CC(CN2CCc4ccccc4C2)N=O)C3=O)c(F)cn1. The minimum Gasteiger partial charge on any atom is -0.489 e. The van der Waals surface area contributed by atoms with E-state index in [9.17, 15) is 14.1 Å². The van der Waals surface area contributed by atoms with Crippen LogP contribution >= 0.6 is 0 Å². The molecule has 1 unspecified atom stereocenters. The molecule has 1 aromatic heterocycles. The molecule has 0 radical (unpaired) electrons. The van der Waals surface area contributed by atoms with Gasteiger partial charge in [-0.15, -0.1) is 0 Å². The summed E-state index contributed by atoms with van der Waals surface area (Å²) < 4.78 is 19.9. The van der Waals surface area contributed by atoms with Crippen LogP contribution in [0.25, 0.3) is 0 Å². The second kappa shape index (κ2) is 11.3. The molecule has 0 saturated carbocycles. The fourth-order valence-corrected chi connectivity index (χ4v) is 5.19. The van der Waals surface area contributed by atoms with Gasteiger partial charge in [0, 0.05) is 63.6 Å². The van der Waals surface area contributed by atoms with Crippen LogP contribution in [0.5, 0.6) is 5.75 Å². The minimum atomic E-state index is -0.516. The Kier molecular flexibility index (Phi) is 7.64. The van der Waals surface area contributed by atoms with E-state index in [0.717, 1.165) is 25.2 Å². The third kappa shape index (κ3) is 5.67. The predicted molar refractivity (Wildman–Crippen MR) is 144 cm³/mol. The highest BCUT2D eigenvalue weighted by atomic mass is 19.1. The highest BCUT2D eigenvalue weighted by Gasteiger charge is 2.29. The number of aryl methyl sites for hydroxylation is 1. The lowest BCUT2D eigenvalue weighted by molar-refractivity contribution is 0.0746. The quantitative estimate of drug-likeness (QED) is 0.417. The fraction of sp³-hybridized carbons (Fsp3) is 0.379. The lowest BCUT2D eigenvalue weighted by atomic mass is 9.99. The number of ether oxygens (including phenoxy) is 1. The van der Waals surface area contributed by atoms with Crippen molar-refractivity contribution in [2.24, 2.45) is 5.18 Å². The largest absolute Gasteiger partial charge is 0.489 e. The first-order valence-electron chi connectivity index (χ1n) is 12.9. The van der Waals surface area contributed by atoms with Crippen molar-refractivity contribution in [2.75, 3.05) is 44.7 Å². The number of fused-ring (bicyclic) bond motifs is 2. The summed E-state index contributed by atoms with van der Waals surface area (Å²) in [6.07, 6.45) is 2.14. The maximum atomic E-state index is 14.1. The number of likely N-dealkylation sites (N-methyl/N-ethyl adjacent to an activating group) is 1. The molecule has 0 saturated heterocycles. The van der Waals surface area contributed by atoms with E-state index < -0.39 is 11.9 Å². The van der Waals surface area contributed by atoms with Crippen LogP contribution in [-0.2, 0) is 19.6 Å². The number of nitrogens with zero attached hydrogens (tertiary/aromatic N) is 5. The van der Waals surface area contributed by atoms with Crippen molar-refractivity contribution in [1.29, 1.82) is 0 Å². The first kappa shape index (κ1) is 25.8. The van der Waals surface area contributed by atoms with Crippen LogP contribution in [0.4, 0.5) is 10.1 Å². The van der Waals surface area contributed by atoms with Crippen LogP contribution in [0.3, 0.4) is 0 Å². The van der Waals surface area contributed by atoms with Crippen LogP contribution in [0.2, 0.25) is 0 Å². The number of aromatic nitrogens is 1. The van der Waals surface area contributed by atoms with E-state index in [-0.39, 0.29) is 19.1 Å². The Balaban J connectivity index is 1.25. The van der Waals surface area contributed by atoms with Gasteiger partial charge in [0.15, 0.2) is 0 Å². The van der Waals surface area contributed by atoms with E-state index in [1.807, 2.05) is 24.1 Å². The molecule has 0 fully saturated rings. The van der Waals surface area contributed by atoms with Crippen molar-refractivity contribution in [3.8, 4) is 5.75 Å². The molecule has 5 rings (SSSR count). The van der Waals surface area contributed by atoms with Crippen molar-refractivity contribution in [2.45, 2.75) is 32.5 Å². The lowest BCUT2D eigenvalue weighted by Gasteiger charge is -2.31. The molecule has 3 aromatic rings. The zero-order valence-electron chi connectivity index (χ0n) is 21.8. The molecule has 3 heterocycles. The second-order valence-corrected chi connectivity index (χ2v) is 10.1. The van der Waals surface area contributed by atoms with E-state index in [0.29, 0.717) is 42.2 Å². The molecule has 1 atom stereocenters. The molecule has 38 heavy (non-hydrogen) atoms. The Morgan fingerprint density at radius 3 is 2.71 bits per heavy atom. The summed E-state index contributed by atoms with van der Waals surface area (Å²) in [4.78, 5) is 35.2. The first-order valence-corrected chi connectivity index (χ1v) is 12.9. The van der Waals surface area contributed by atoms with Gasteiger partial charge < -0.3 is 14.5 Å². The van der Waals surface area contributed by atoms with Gasteiger partial charge in [-0.25, -0.2) is 4.39 Å². The fourth-order valence-electron chi connectivity index (χ4n) is 5.19. The van der Waals surface area contributed by atoms with Crippen molar-refractivity contribution in [3.05, 3.63) is 93.4 Å². The molecule has 9 heteroatoms. The summed E-state index contributed by atoms with van der Waals surface area (Å²) in [5, 5.41) is 3.40. The molecular formula is C29H32FN5O3. The monoisotopic (exact) mass is 517 g/mol. The number of anilines is 1. The number of benzene rings is 2. The van der Waals surface area contributed by atoms with Crippen LogP contribution in [-0.4, -0.2) is 66.5 Å². The summed E-state index contributed by atoms with van der Waals surface area (Å²) in [6.45, 7) is 5.38. The van der Waals surface area contributed by atoms with E-state index >= 15 is 0 Å². The van der Waals surface area contributed by atoms with Crippen molar-refractivity contribution >= 4 is 11.6 Å². The zero-order chi connectivity index (χ0) is 26.6. The van der Waals surface area contributed by atoms with Crippen molar-refractivity contribution in [3.63, 3.8) is 0 Å². The van der Waals surface area contributed by atoms with Crippen molar-refractivity contribution < 1.29 is 13.9 Å². The smallest absolute Gasteiger partial charge is 0.256 e. The highest BCUT2D eigenvalue weighted by molar-refractivity contribution is 6.00. The Bertz CT molecular complexity index is 1330. The topological polar surface area (TPSA) is 78.3 Å². The number of hydrogen-bond acceptors (Lipinski definition) is 7. The maximum Gasteiger partial charge on any atom is 0.256 e. The maximum absolute atomic E-state index is 14.1. The number of amides is 1. The first-order chi connectivity index (χ1) is 18.4. The second-order valence-electron chi connectivity index (χ2n) is 10.1. The van der Waals surface area contributed by atoms with Gasteiger partial charge in [0.2, 0.25) is 0 Å². The number of pyridine rings is 1. The van der Waals surface area contributed by atoms with Crippen LogP contribution in [0.15, 0.2) is 59.9 Å². The highest BCUT2D eigenvalue weighted by Crippen LogP contribution is 2.30. The van der Waals surface area contributed by atoms with Gasteiger partial charge in [-0.3, -0.25) is 14.7 Å². The Labute approximate surface area is 222 Å². The van der Waals surface area contributed by atoms with Crippen LogP contribution < -0.4 is 9.64 Å². The van der Waals surface area contributed by atoms with E-state index in [1.54, 1.807) is 30.0 Å². The number of halogens is 1. The molecule has 0 bridgehead atoms. The summed E-state index contributed by atoms with van der Waals surface area (Å²) in [6, 6.07) is 14.8. The van der Waals surface area contributed by atoms with E-state index in [4.69, 9.17) is 4.74 Å². The van der Waals surface area contributed by atoms with Gasteiger partial charge in [-0.05, 0) is 42.7 Å². The normalized spacial score (nSPS) is 16.4. The molecule has 2 aliphatic rings. The summed E-state index contributed by atoms with van der Waals surface area (Å²) in [5.74, 6) is -0.00623. The lowest BCUT2D eigenvalue weighted by Crippen LogP contribution is -2.44. The van der Waals surface area contributed by atoms with Gasteiger partial charge in [-0.2, -0.15) is 4.91 Å². The molecule has 8 nitrogen and oxygen atoms in total. The molecule has 1 amide bonds. The molecular weight excluding hydrogens is 485 g/mol. The van der Waals surface area contributed by atoms with E-state index in [2.05, 4.69) is 33.3 Å². The van der Waals surface area contributed by atoms with Gasteiger partial charge in [-0.1, -0.05) is 29.4 Å². The summed E-state index contributed by atoms with van der Waals surface area (Å²) >= 11 is 0. The van der Waals surface area contributed by atoms with Crippen LogP contribution in [0.1, 0.15) is 32.7 Å². The van der Waals surface area contributed by atoms with Gasteiger partial charge >= 0.3 is 0 Å². The average molecular weight is 518 g/mol. The molecule has 2 aromatic carbocycles.